The van der Waals surface area contributed by atoms with E-state index < -0.39 is 29.0 Å². The number of carbonyl (C=O) groups is 3. The molecule has 0 bridgehead atoms. The van der Waals surface area contributed by atoms with Crippen molar-refractivity contribution in [2.45, 2.75) is 94.7 Å². The summed E-state index contributed by atoms with van der Waals surface area (Å²) in [6, 6.07) is 12.2. The summed E-state index contributed by atoms with van der Waals surface area (Å²) in [5.74, 6) is -1.51. The van der Waals surface area contributed by atoms with E-state index in [4.69, 9.17) is 16.0 Å². The number of hydrogen-bond donors (Lipinski definition) is 3. The van der Waals surface area contributed by atoms with Crippen LogP contribution in [0, 0.1) is 11.3 Å². The molecule has 12 heteroatoms. The third-order valence-electron chi connectivity index (χ3n) is 10.2. The lowest BCUT2D eigenvalue weighted by molar-refractivity contribution is -0.130. The maximum absolute atomic E-state index is 13.2. The number of likely N-dealkylation sites (tertiary alicyclic amines) is 1. The van der Waals surface area contributed by atoms with Gasteiger partial charge in [0.1, 0.15) is 6.04 Å². The standard InChI is InChI=1S/C35H41N7O5/c1-21(39-20-30(43)41-15-5-8-27(41)19-36)18-35(33-40-34(46)47-42(33)26-6-3-2-4-7-26)28-13-11-24(31(37)44)16-22(28)9-10-23-17-25(32(38)45)12-14-29(23)35/h11-14,16-17,21,26-27,39H,2-10,15,18,20H2,1H3,(H2,37,44)(H2,38,45)/t21-,27-/m0/s1. The molecule has 12 nitrogen and oxygen atoms in total. The molecule has 2 atom stereocenters. The van der Waals surface area contributed by atoms with E-state index in [1.54, 1.807) is 33.9 Å². The van der Waals surface area contributed by atoms with Gasteiger partial charge in [-0.3, -0.25) is 14.4 Å². The van der Waals surface area contributed by atoms with Crippen molar-refractivity contribution >= 4 is 17.7 Å². The smallest absolute Gasteiger partial charge is 0.366 e. The molecule has 3 amide bonds. The van der Waals surface area contributed by atoms with Crippen molar-refractivity contribution in [2.24, 2.45) is 11.5 Å². The predicted octanol–water partition coefficient (Wildman–Crippen LogP) is 2.86. The molecule has 6 rings (SSSR count). The number of primary amides is 2. The number of nitriles is 1. The summed E-state index contributed by atoms with van der Waals surface area (Å²) in [4.78, 5) is 57.2. The Kier molecular flexibility index (Phi) is 9.01. The van der Waals surface area contributed by atoms with E-state index in [0.29, 0.717) is 49.2 Å². The quantitative estimate of drug-likeness (QED) is 0.318. The summed E-state index contributed by atoms with van der Waals surface area (Å²) in [6.07, 6.45) is 7.64. The van der Waals surface area contributed by atoms with Gasteiger partial charge in [0.15, 0.2) is 5.82 Å². The van der Waals surface area contributed by atoms with Crippen molar-refractivity contribution in [3.05, 3.63) is 86.2 Å². The van der Waals surface area contributed by atoms with Gasteiger partial charge in [0.2, 0.25) is 17.7 Å². The van der Waals surface area contributed by atoms with E-state index in [0.717, 1.165) is 60.8 Å². The highest BCUT2D eigenvalue weighted by molar-refractivity contribution is 5.94. The van der Waals surface area contributed by atoms with Gasteiger partial charge in [-0.15, -0.1) is 0 Å². The van der Waals surface area contributed by atoms with Crippen LogP contribution in [0.4, 0.5) is 0 Å². The van der Waals surface area contributed by atoms with Crippen LogP contribution in [0.15, 0.2) is 45.7 Å². The Morgan fingerprint density at radius 2 is 1.62 bits per heavy atom. The van der Waals surface area contributed by atoms with Gasteiger partial charge >= 0.3 is 5.76 Å². The molecule has 1 saturated heterocycles. The Morgan fingerprint density at radius 1 is 1.00 bits per heavy atom. The summed E-state index contributed by atoms with van der Waals surface area (Å²) >= 11 is 0. The van der Waals surface area contributed by atoms with Gasteiger partial charge in [-0.25, -0.2) is 4.79 Å². The minimum Gasteiger partial charge on any atom is -0.366 e. The average molecular weight is 640 g/mol. The van der Waals surface area contributed by atoms with Crippen molar-refractivity contribution < 1.29 is 18.9 Å². The molecular formula is C35H41N7O5. The molecule has 2 heterocycles. The number of nitrogens with one attached hydrogen (secondary N) is 1. The second-order valence-corrected chi connectivity index (χ2v) is 13.1. The van der Waals surface area contributed by atoms with Crippen molar-refractivity contribution in [1.29, 1.82) is 5.26 Å². The summed E-state index contributed by atoms with van der Waals surface area (Å²) in [6.45, 7) is 2.56. The van der Waals surface area contributed by atoms with Gasteiger partial charge in [0.05, 0.1) is 24.1 Å². The zero-order valence-corrected chi connectivity index (χ0v) is 26.7. The molecule has 3 aliphatic rings. The van der Waals surface area contributed by atoms with E-state index >= 15 is 0 Å². The topological polar surface area (TPSA) is 190 Å². The van der Waals surface area contributed by atoms with Gasteiger partial charge in [-0.2, -0.15) is 15.0 Å². The molecule has 2 aliphatic carbocycles. The van der Waals surface area contributed by atoms with Crippen molar-refractivity contribution in [3.63, 3.8) is 0 Å². The van der Waals surface area contributed by atoms with E-state index in [1.807, 2.05) is 19.1 Å². The molecule has 0 spiro atoms. The number of fused-ring (bicyclic) bond motifs is 2. The van der Waals surface area contributed by atoms with Crippen LogP contribution in [0.3, 0.4) is 0 Å². The minimum atomic E-state index is -1.09. The van der Waals surface area contributed by atoms with Crippen molar-refractivity contribution in [3.8, 4) is 6.07 Å². The van der Waals surface area contributed by atoms with Crippen molar-refractivity contribution in [1.82, 2.24) is 19.9 Å². The minimum absolute atomic E-state index is 0.0324. The molecule has 2 fully saturated rings. The van der Waals surface area contributed by atoms with Gasteiger partial charge in [-0.1, -0.05) is 31.4 Å². The molecule has 1 aromatic heterocycles. The summed E-state index contributed by atoms with van der Waals surface area (Å²) in [5, 5.41) is 12.9. The van der Waals surface area contributed by atoms with Crippen molar-refractivity contribution in [2.75, 3.05) is 13.1 Å². The predicted molar refractivity (Wildman–Crippen MR) is 173 cm³/mol. The Hall–Kier alpha value is -4.76. The maximum atomic E-state index is 13.2. The third-order valence-corrected chi connectivity index (χ3v) is 10.2. The molecular weight excluding hydrogens is 598 g/mol. The first-order valence-electron chi connectivity index (χ1n) is 16.5. The highest BCUT2D eigenvalue weighted by Gasteiger charge is 2.47. The molecule has 0 unspecified atom stereocenters. The third kappa shape index (κ3) is 6.07. The average Bonchev–Trinajstić information content (AvgIpc) is 3.69. The number of nitrogens with zero attached hydrogens (tertiary/aromatic N) is 4. The highest BCUT2D eigenvalue weighted by Crippen LogP contribution is 2.48. The number of hydrogen-bond acceptors (Lipinski definition) is 8. The number of aromatic nitrogens is 2. The number of rotatable bonds is 9. The van der Waals surface area contributed by atoms with Gasteiger partial charge < -0.3 is 26.2 Å². The first-order valence-corrected chi connectivity index (χ1v) is 16.5. The highest BCUT2D eigenvalue weighted by atomic mass is 16.5. The van der Waals surface area contributed by atoms with Crippen LogP contribution in [-0.4, -0.2) is 57.5 Å². The lowest BCUT2D eigenvalue weighted by Gasteiger charge is -2.39. The van der Waals surface area contributed by atoms with Gasteiger partial charge in [-0.05, 0) is 98.4 Å². The molecule has 0 radical (unpaired) electrons. The van der Waals surface area contributed by atoms with Crippen LogP contribution in [0.5, 0.6) is 0 Å². The molecule has 1 aliphatic heterocycles. The Balaban J connectivity index is 1.53. The lowest BCUT2D eigenvalue weighted by atomic mass is 9.67. The fourth-order valence-electron chi connectivity index (χ4n) is 7.93. The fraction of sp³-hybridized carbons (Fsp3) is 0.486. The van der Waals surface area contributed by atoms with Crippen LogP contribution in [-0.2, 0) is 23.1 Å². The maximum Gasteiger partial charge on any atom is 0.459 e. The zero-order valence-electron chi connectivity index (χ0n) is 26.7. The molecule has 1 saturated carbocycles. The first kappa shape index (κ1) is 32.2. The largest absolute Gasteiger partial charge is 0.459 e. The van der Waals surface area contributed by atoms with Crippen LogP contribution >= 0.6 is 0 Å². The van der Waals surface area contributed by atoms with Crippen LogP contribution < -0.4 is 22.5 Å². The summed E-state index contributed by atoms with van der Waals surface area (Å²) < 4.78 is 7.59. The van der Waals surface area contributed by atoms with Crippen LogP contribution in [0.2, 0.25) is 0 Å². The van der Waals surface area contributed by atoms with E-state index in [9.17, 15) is 24.4 Å². The molecule has 246 valence electrons. The van der Waals surface area contributed by atoms with Gasteiger partial charge in [0, 0.05) is 23.7 Å². The Labute approximate surface area is 273 Å². The summed E-state index contributed by atoms with van der Waals surface area (Å²) in [5.41, 5.74) is 14.5. The molecule has 3 aromatic rings. The van der Waals surface area contributed by atoms with Crippen LogP contribution in [0.25, 0.3) is 0 Å². The number of amides is 3. The lowest BCUT2D eigenvalue weighted by Crippen LogP contribution is -2.46. The van der Waals surface area contributed by atoms with E-state index in [2.05, 4.69) is 16.4 Å². The number of benzene rings is 2. The zero-order chi connectivity index (χ0) is 33.3. The van der Waals surface area contributed by atoms with E-state index in [-0.39, 0.29) is 24.5 Å². The first-order chi connectivity index (χ1) is 22.6. The summed E-state index contributed by atoms with van der Waals surface area (Å²) in [7, 11) is 0. The number of aryl methyl sites for hydroxylation is 2. The SMILES string of the molecule is C[C@@H](CC1(c2nc(=O)on2C2CCCCC2)c2ccc(C(N)=O)cc2CCc2cc(C(N)=O)ccc21)NCC(=O)N1CCC[C@H]1C#N. The van der Waals surface area contributed by atoms with Gasteiger partial charge in [0.25, 0.3) is 0 Å². The Bertz CT molecular complexity index is 1730. The fourth-order valence-corrected chi connectivity index (χ4v) is 7.93. The Morgan fingerprint density at radius 3 is 2.19 bits per heavy atom. The molecule has 5 N–H and O–H groups in total. The number of nitrogens with two attached hydrogens (primary N) is 2. The second-order valence-electron chi connectivity index (χ2n) is 13.1. The van der Waals surface area contributed by atoms with E-state index in [1.165, 1.54) is 0 Å². The molecule has 2 aromatic carbocycles. The monoisotopic (exact) mass is 639 g/mol. The normalized spacial score (nSPS) is 19.7. The number of carbonyl (C=O) groups excluding carboxylic acids is 3. The van der Waals surface area contributed by atoms with Crippen LogP contribution in [0.1, 0.15) is 113 Å². The second kappa shape index (κ2) is 13.2. The molecule has 47 heavy (non-hydrogen) atoms.